The van der Waals surface area contributed by atoms with E-state index in [0.29, 0.717) is 31.1 Å². The van der Waals surface area contributed by atoms with Gasteiger partial charge in [0.1, 0.15) is 18.1 Å². The van der Waals surface area contributed by atoms with E-state index >= 15 is 0 Å². The molecule has 1 heterocycles. The monoisotopic (exact) mass is 499 g/mol. The molecule has 0 aliphatic carbocycles. The molecule has 0 aliphatic heterocycles. The molecule has 0 saturated carbocycles. The number of hydrogen-bond donors (Lipinski definition) is 1. The molecular weight excluding hydrogens is 466 g/mol. The van der Waals surface area contributed by atoms with Crippen molar-refractivity contribution in [1.29, 1.82) is 0 Å². The van der Waals surface area contributed by atoms with Crippen molar-refractivity contribution in [2.45, 2.75) is 59.5 Å². The molecule has 35 heavy (non-hydrogen) atoms. The minimum atomic E-state index is -3.63. The van der Waals surface area contributed by atoms with Gasteiger partial charge >= 0.3 is 0 Å². The van der Waals surface area contributed by atoms with E-state index in [4.69, 9.17) is 9.26 Å². The van der Waals surface area contributed by atoms with Gasteiger partial charge in [0, 0.05) is 18.8 Å². The largest absolute Gasteiger partial charge is 0.489 e. The van der Waals surface area contributed by atoms with Crippen molar-refractivity contribution in [3.8, 4) is 5.75 Å². The molecule has 0 fully saturated rings. The molecule has 3 aromatic rings. The standard InChI is InChI=1S/C26H33N3O5S/c1-7-29(8-2)35(31,32)23-13-17(3)18(4)25(15-23)27-26(30)14-21-9-11-22(12-10-21)33-16-24-19(5)28-34-20(24)6/h9-13,15H,7-8,14,16H2,1-6H3,(H,27,30). The average molecular weight is 500 g/mol. The van der Waals surface area contributed by atoms with Crippen LogP contribution in [-0.4, -0.2) is 36.9 Å². The van der Waals surface area contributed by atoms with E-state index in [1.165, 1.54) is 4.31 Å². The Bertz CT molecular complexity index is 1270. The fourth-order valence-electron chi connectivity index (χ4n) is 3.76. The van der Waals surface area contributed by atoms with Crippen LogP contribution in [0.5, 0.6) is 5.75 Å². The summed E-state index contributed by atoms with van der Waals surface area (Å²) in [4.78, 5) is 13.0. The summed E-state index contributed by atoms with van der Waals surface area (Å²) in [7, 11) is -3.63. The van der Waals surface area contributed by atoms with Crippen LogP contribution in [0.15, 0.2) is 45.8 Å². The molecule has 1 amide bonds. The van der Waals surface area contributed by atoms with Crippen LogP contribution in [-0.2, 0) is 27.8 Å². The molecule has 0 unspecified atom stereocenters. The molecule has 0 aliphatic rings. The molecule has 0 saturated heterocycles. The van der Waals surface area contributed by atoms with Gasteiger partial charge in [-0.25, -0.2) is 8.42 Å². The number of hydrogen-bond acceptors (Lipinski definition) is 6. The Kier molecular flexibility index (Phi) is 8.34. The van der Waals surface area contributed by atoms with Crippen LogP contribution < -0.4 is 10.1 Å². The molecule has 9 heteroatoms. The number of aromatic nitrogens is 1. The van der Waals surface area contributed by atoms with Crippen molar-refractivity contribution in [3.05, 3.63) is 70.1 Å². The lowest BCUT2D eigenvalue weighted by Gasteiger charge is -2.20. The summed E-state index contributed by atoms with van der Waals surface area (Å²) >= 11 is 0. The predicted molar refractivity (Wildman–Crippen MR) is 135 cm³/mol. The molecule has 8 nitrogen and oxygen atoms in total. The Morgan fingerprint density at radius 3 is 2.29 bits per heavy atom. The summed E-state index contributed by atoms with van der Waals surface area (Å²) in [6, 6.07) is 10.5. The third-order valence-corrected chi connectivity index (χ3v) is 8.14. The number of benzene rings is 2. The van der Waals surface area contributed by atoms with Crippen molar-refractivity contribution in [3.63, 3.8) is 0 Å². The summed E-state index contributed by atoms with van der Waals surface area (Å²) in [6.45, 7) is 12.1. The van der Waals surface area contributed by atoms with Crippen LogP contribution in [0.1, 0.15) is 47.6 Å². The van der Waals surface area contributed by atoms with E-state index in [0.717, 1.165) is 33.7 Å². The van der Waals surface area contributed by atoms with Gasteiger partial charge in [0.25, 0.3) is 0 Å². The molecule has 0 radical (unpaired) electrons. The van der Waals surface area contributed by atoms with Gasteiger partial charge < -0.3 is 14.6 Å². The van der Waals surface area contributed by atoms with Crippen LogP contribution in [0, 0.1) is 27.7 Å². The number of amides is 1. The fourth-order valence-corrected chi connectivity index (χ4v) is 5.33. The maximum absolute atomic E-state index is 13.0. The lowest BCUT2D eigenvalue weighted by Crippen LogP contribution is -2.30. The number of anilines is 1. The van der Waals surface area contributed by atoms with Gasteiger partial charge in [-0.15, -0.1) is 0 Å². The number of nitrogens with one attached hydrogen (secondary N) is 1. The highest BCUT2D eigenvalue weighted by atomic mass is 32.2. The van der Waals surface area contributed by atoms with E-state index in [-0.39, 0.29) is 17.2 Å². The fraction of sp³-hybridized carbons (Fsp3) is 0.385. The minimum absolute atomic E-state index is 0.148. The van der Waals surface area contributed by atoms with E-state index in [1.54, 1.807) is 26.0 Å². The summed E-state index contributed by atoms with van der Waals surface area (Å²) in [5.41, 5.74) is 4.67. The number of sulfonamides is 1. The predicted octanol–water partition coefficient (Wildman–Crippen LogP) is 4.70. The minimum Gasteiger partial charge on any atom is -0.489 e. The highest BCUT2D eigenvalue weighted by Gasteiger charge is 2.23. The number of nitrogens with zero attached hydrogens (tertiary/aromatic N) is 2. The van der Waals surface area contributed by atoms with Crippen molar-refractivity contribution in [2.24, 2.45) is 0 Å². The van der Waals surface area contributed by atoms with Crippen molar-refractivity contribution >= 4 is 21.6 Å². The van der Waals surface area contributed by atoms with Crippen molar-refractivity contribution in [1.82, 2.24) is 9.46 Å². The first-order chi connectivity index (χ1) is 16.6. The number of ether oxygens (including phenoxy) is 1. The second kappa shape index (κ2) is 11.0. The highest BCUT2D eigenvalue weighted by molar-refractivity contribution is 7.89. The quantitative estimate of drug-likeness (QED) is 0.434. The zero-order chi connectivity index (χ0) is 25.8. The second-order valence-corrected chi connectivity index (χ2v) is 10.4. The maximum Gasteiger partial charge on any atom is 0.243 e. The van der Waals surface area contributed by atoms with Gasteiger partial charge in [0.15, 0.2) is 0 Å². The van der Waals surface area contributed by atoms with E-state index < -0.39 is 10.0 Å². The molecule has 3 rings (SSSR count). The third-order valence-electron chi connectivity index (χ3n) is 6.11. The van der Waals surface area contributed by atoms with Crippen molar-refractivity contribution in [2.75, 3.05) is 18.4 Å². The second-order valence-electron chi connectivity index (χ2n) is 8.46. The van der Waals surface area contributed by atoms with Gasteiger partial charge in [0.2, 0.25) is 15.9 Å². The first-order valence-electron chi connectivity index (χ1n) is 11.6. The number of aryl methyl sites for hydroxylation is 3. The summed E-state index contributed by atoms with van der Waals surface area (Å²) < 4.78 is 38.3. The Balaban J connectivity index is 1.68. The van der Waals surface area contributed by atoms with Gasteiger partial charge in [-0.3, -0.25) is 4.79 Å². The smallest absolute Gasteiger partial charge is 0.243 e. The topological polar surface area (TPSA) is 102 Å². The lowest BCUT2D eigenvalue weighted by molar-refractivity contribution is -0.115. The molecule has 0 bridgehead atoms. The molecule has 1 aromatic heterocycles. The van der Waals surface area contributed by atoms with Gasteiger partial charge in [-0.2, -0.15) is 4.31 Å². The number of carbonyl (C=O) groups excluding carboxylic acids is 1. The Labute approximate surface area is 207 Å². The molecule has 188 valence electrons. The van der Waals surface area contributed by atoms with Crippen LogP contribution in [0.25, 0.3) is 0 Å². The summed E-state index contributed by atoms with van der Waals surface area (Å²) in [5, 5.41) is 6.81. The van der Waals surface area contributed by atoms with Gasteiger partial charge in [0.05, 0.1) is 22.6 Å². The first-order valence-corrected chi connectivity index (χ1v) is 13.1. The van der Waals surface area contributed by atoms with Gasteiger partial charge in [-0.1, -0.05) is 31.1 Å². The van der Waals surface area contributed by atoms with E-state index in [2.05, 4.69) is 10.5 Å². The van der Waals surface area contributed by atoms with E-state index in [1.807, 2.05) is 52.0 Å². The maximum atomic E-state index is 13.0. The first kappa shape index (κ1) is 26.4. The van der Waals surface area contributed by atoms with Crippen LogP contribution in [0.3, 0.4) is 0 Å². The van der Waals surface area contributed by atoms with Crippen LogP contribution in [0.4, 0.5) is 5.69 Å². The number of rotatable bonds is 10. The average Bonchev–Trinajstić information content (AvgIpc) is 3.14. The number of carbonyl (C=O) groups is 1. The molecule has 0 atom stereocenters. The van der Waals surface area contributed by atoms with Crippen LogP contribution >= 0.6 is 0 Å². The molecular formula is C26H33N3O5S. The Morgan fingerprint density at radius 2 is 1.71 bits per heavy atom. The third kappa shape index (κ3) is 6.10. The normalized spacial score (nSPS) is 11.6. The van der Waals surface area contributed by atoms with E-state index in [9.17, 15) is 13.2 Å². The molecule has 2 aromatic carbocycles. The zero-order valence-corrected chi connectivity index (χ0v) is 22.0. The lowest BCUT2D eigenvalue weighted by atomic mass is 10.1. The highest BCUT2D eigenvalue weighted by Crippen LogP contribution is 2.26. The Morgan fingerprint density at radius 1 is 1.06 bits per heavy atom. The molecule has 0 spiro atoms. The van der Waals surface area contributed by atoms with Crippen LogP contribution in [0.2, 0.25) is 0 Å². The Hall–Kier alpha value is -3.17. The zero-order valence-electron chi connectivity index (χ0n) is 21.1. The summed E-state index contributed by atoms with van der Waals surface area (Å²) in [5.74, 6) is 1.18. The SMILES string of the molecule is CCN(CC)S(=O)(=O)c1cc(C)c(C)c(NC(=O)Cc2ccc(OCc3c(C)noc3C)cc2)c1. The van der Waals surface area contributed by atoms with Crippen molar-refractivity contribution < 1.29 is 22.5 Å². The summed E-state index contributed by atoms with van der Waals surface area (Å²) in [6.07, 6.45) is 0.148. The molecule has 1 N–H and O–H groups in total. The van der Waals surface area contributed by atoms with Gasteiger partial charge in [-0.05, 0) is 68.7 Å².